The lowest BCUT2D eigenvalue weighted by atomic mass is 9.89. The molecule has 0 fully saturated rings. The van der Waals surface area contributed by atoms with Gasteiger partial charge in [0.25, 0.3) is 0 Å². The lowest BCUT2D eigenvalue weighted by Crippen LogP contribution is -2.31. The summed E-state index contributed by atoms with van der Waals surface area (Å²) in [5.41, 5.74) is 7.38. The fraction of sp³-hybridized carbons (Fsp3) is 0.286. The summed E-state index contributed by atoms with van der Waals surface area (Å²) in [7, 11) is 3.63. The van der Waals surface area contributed by atoms with Crippen molar-refractivity contribution in [1.29, 1.82) is 0 Å². The zero-order valence-electron chi connectivity index (χ0n) is 15.0. The Morgan fingerprint density at radius 3 is 2.68 bits per heavy atom. The molecule has 0 radical (unpaired) electrons. The molecule has 1 aliphatic heterocycles. The van der Waals surface area contributed by atoms with Crippen LogP contribution in [0.25, 0.3) is 11.1 Å². The number of nitrogens with zero attached hydrogens (tertiary/aromatic N) is 1. The van der Waals surface area contributed by atoms with Crippen molar-refractivity contribution in [2.75, 3.05) is 5.32 Å². The van der Waals surface area contributed by atoms with Gasteiger partial charge in [-0.05, 0) is 51.0 Å². The van der Waals surface area contributed by atoms with Crippen molar-refractivity contribution < 1.29 is 0 Å². The molecule has 2 nitrogen and oxygen atoms in total. The Morgan fingerprint density at radius 1 is 1.08 bits per heavy atom. The molecule has 128 valence electrons. The molecular weight excluding hydrogens is 344 g/mol. The zero-order valence-corrected chi connectivity index (χ0v) is 16.6. The maximum atomic E-state index is 5.08. The van der Waals surface area contributed by atoms with Crippen LogP contribution in [0, 0.1) is 6.92 Å². The average molecular weight is 367 g/mol. The number of rotatable bonds is 2. The second-order valence-corrected chi connectivity index (χ2v) is 9.20. The number of benzene rings is 2. The molecule has 25 heavy (non-hydrogen) atoms. The summed E-state index contributed by atoms with van der Waals surface area (Å²) in [6.07, 6.45) is 0.999. The van der Waals surface area contributed by atoms with E-state index in [4.69, 9.17) is 4.99 Å². The first-order valence-electron chi connectivity index (χ1n) is 8.65. The number of fused-ring (bicyclic) bond motifs is 3. The molecule has 1 aliphatic rings. The van der Waals surface area contributed by atoms with Gasteiger partial charge >= 0.3 is 0 Å². The highest BCUT2D eigenvalue weighted by molar-refractivity contribution is 7.68. The first kappa shape index (κ1) is 16.6. The molecule has 2 aromatic carbocycles. The van der Waals surface area contributed by atoms with Gasteiger partial charge in [0.2, 0.25) is 0 Å². The van der Waals surface area contributed by atoms with Crippen molar-refractivity contribution in [3.63, 3.8) is 0 Å². The summed E-state index contributed by atoms with van der Waals surface area (Å²) in [5.74, 6) is 0. The highest BCUT2D eigenvalue weighted by atomic mass is 32.9. The molecule has 0 bridgehead atoms. The number of hydrogen-bond acceptors (Lipinski definition) is 4. The summed E-state index contributed by atoms with van der Waals surface area (Å²) >= 11 is 0. The summed E-state index contributed by atoms with van der Waals surface area (Å²) in [6.45, 7) is 8.84. The number of hydrogen-bond donors (Lipinski definition) is 1. The van der Waals surface area contributed by atoms with Crippen molar-refractivity contribution in [3.05, 3.63) is 63.1 Å². The Kier molecular flexibility index (Phi) is 4.05. The van der Waals surface area contributed by atoms with Crippen LogP contribution in [-0.4, -0.2) is 0 Å². The van der Waals surface area contributed by atoms with E-state index in [1.807, 2.05) is 10.3 Å². The van der Waals surface area contributed by atoms with Crippen LogP contribution in [0.3, 0.4) is 0 Å². The van der Waals surface area contributed by atoms with Gasteiger partial charge in [-0.15, -0.1) is 0 Å². The second kappa shape index (κ2) is 6.11. The van der Waals surface area contributed by atoms with E-state index in [1.54, 1.807) is 10.3 Å². The maximum Gasteiger partial charge on any atom is 0.135 e. The highest BCUT2D eigenvalue weighted by Gasteiger charge is 2.33. The van der Waals surface area contributed by atoms with Gasteiger partial charge in [0.15, 0.2) is 0 Å². The number of nitrogens with one attached hydrogen (secondary N) is 1. The number of para-hydroxylation sites is 1. The van der Waals surface area contributed by atoms with Crippen LogP contribution in [0.15, 0.2) is 47.5 Å². The third-order valence-electron chi connectivity index (χ3n) is 4.70. The van der Waals surface area contributed by atoms with Gasteiger partial charge in [-0.3, -0.25) is 0 Å². The molecule has 4 heteroatoms. The largest absolute Gasteiger partial charge is 0.375 e. The van der Waals surface area contributed by atoms with Gasteiger partial charge in [-0.2, -0.15) is 0 Å². The van der Waals surface area contributed by atoms with Crippen LogP contribution in [0.5, 0.6) is 0 Å². The molecule has 0 aliphatic carbocycles. The Balaban J connectivity index is 2.00. The molecular formula is C21H22N2S2. The average Bonchev–Trinajstić information content (AvgIpc) is 3.01. The maximum absolute atomic E-state index is 5.08. The second-order valence-electron chi connectivity index (χ2n) is 7.07. The normalized spacial score (nSPS) is 15.4. The van der Waals surface area contributed by atoms with Gasteiger partial charge in [0.1, 0.15) is 4.67 Å². The molecule has 0 atom stereocenters. The van der Waals surface area contributed by atoms with E-state index >= 15 is 0 Å². The van der Waals surface area contributed by atoms with Crippen molar-refractivity contribution in [2.45, 2.75) is 39.7 Å². The van der Waals surface area contributed by atoms with Gasteiger partial charge in [0, 0.05) is 16.8 Å². The van der Waals surface area contributed by atoms with Crippen LogP contribution in [0.2, 0.25) is 0 Å². The lowest BCUT2D eigenvalue weighted by molar-refractivity contribution is 0.619. The Bertz CT molecular complexity index is 1010. The van der Waals surface area contributed by atoms with E-state index in [2.05, 4.69) is 75.5 Å². The van der Waals surface area contributed by atoms with Gasteiger partial charge in [-0.1, -0.05) is 57.4 Å². The molecule has 0 saturated heterocycles. The minimum absolute atomic E-state index is 0.0726. The van der Waals surface area contributed by atoms with E-state index in [-0.39, 0.29) is 5.54 Å². The third-order valence-corrected chi connectivity index (χ3v) is 7.34. The quantitative estimate of drug-likeness (QED) is 0.533. The minimum atomic E-state index is -0.0726. The molecule has 4 rings (SSSR count). The molecule has 0 spiro atoms. The smallest absolute Gasteiger partial charge is 0.135 e. The monoisotopic (exact) mass is 366 g/mol. The van der Waals surface area contributed by atoms with E-state index in [0.717, 1.165) is 16.8 Å². The molecule has 3 aromatic rings. The first-order valence-corrected chi connectivity index (χ1v) is 10.8. The van der Waals surface area contributed by atoms with Crippen LogP contribution in [0.1, 0.15) is 36.8 Å². The van der Waals surface area contributed by atoms with E-state index < -0.39 is 0 Å². The van der Waals surface area contributed by atoms with Crippen molar-refractivity contribution >= 4 is 32.1 Å². The van der Waals surface area contributed by atoms with Gasteiger partial charge < -0.3 is 5.32 Å². The Labute approximate surface area is 156 Å². The summed E-state index contributed by atoms with van der Waals surface area (Å²) < 4.78 is 1.13. The van der Waals surface area contributed by atoms with Crippen LogP contribution in [0.4, 0.5) is 11.4 Å². The van der Waals surface area contributed by atoms with Crippen LogP contribution >= 0.6 is 20.7 Å². The SMILES string of the molecule is CCc1ccccc1N=c1ssc2c1-c1cc(C)ccc1NC2(C)C. The van der Waals surface area contributed by atoms with Gasteiger partial charge in [-0.25, -0.2) is 4.99 Å². The van der Waals surface area contributed by atoms with Crippen LogP contribution < -0.4 is 9.99 Å². The predicted molar refractivity (Wildman–Crippen MR) is 110 cm³/mol. The molecule has 1 aromatic heterocycles. The predicted octanol–water partition coefficient (Wildman–Crippen LogP) is 6.24. The molecule has 0 amide bonds. The Hall–Kier alpha value is -1.91. The summed E-state index contributed by atoms with van der Waals surface area (Å²) in [6, 6.07) is 15.1. The van der Waals surface area contributed by atoms with E-state index in [1.165, 1.54) is 32.8 Å². The summed E-state index contributed by atoms with van der Waals surface area (Å²) in [5, 5.41) is 3.69. The minimum Gasteiger partial charge on any atom is -0.375 e. The number of aryl methyl sites for hydroxylation is 2. The van der Waals surface area contributed by atoms with Crippen molar-refractivity contribution in [1.82, 2.24) is 0 Å². The zero-order chi connectivity index (χ0) is 17.6. The topological polar surface area (TPSA) is 24.4 Å². The summed E-state index contributed by atoms with van der Waals surface area (Å²) in [4.78, 5) is 6.46. The lowest BCUT2D eigenvalue weighted by Gasteiger charge is -2.33. The van der Waals surface area contributed by atoms with Crippen molar-refractivity contribution in [3.8, 4) is 11.1 Å². The first-order chi connectivity index (χ1) is 12.0. The number of anilines is 1. The van der Waals surface area contributed by atoms with Crippen molar-refractivity contribution in [2.24, 2.45) is 4.99 Å². The third kappa shape index (κ3) is 2.83. The fourth-order valence-corrected chi connectivity index (χ4v) is 6.32. The van der Waals surface area contributed by atoms with E-state index in [9.17, 15) is 0 Å². The Morgan fingerprint density at radius 2 is 1.88 bits per heavy atom. The molecule has 0 unspecified atom stereocenters. The molecule has 0 saturated carbocycles. The van der Waals surface area contributed by atoms with Crippen LogP contribution in [-0.2, 0) is 12.0 Å². The van der Waals surface area contributed by atoms with E-state index in [0.29, 0.717) is 0 Å². The standard InChI is InChI=1S/C21H22N2S2/c1-5-14-8-6-7-9-16(14)22-20-18-15-12-13(2)10-11-17(15)23-21(3,4)19(18)24-25-20/h6-12,23H,5H2,1-4H3. The van der Waals surface area contributed by atoms with Gasteiger partial charge in [0.05, 0.1) is 16.1 Å². The molecule has 1 N–H and O–H groups in total. The highest BCUT2D eigenvalue weighted by Crippen LogP contribution is 2.45. The molecule has 2 heterocycles. The fourth-order valence-electron chi connectivity index (χ4n) is 3.39.